The highest BCUT2D eigenvalue weighted by Crippen LogP contribution is 2.18. The molecule has 1 fully saturated rings. The summed E-state index contributed by atoms with van der Waals surface area (Å²) in [6.45, 7) is 1.30. The quantitative estimate of drug-likeness (QED) is 0.754. The summed E-state index contributed by atoms with van der Waals surface area (Å²) in [5.74, 6) is 0.184. The van der Waals surface area contributed by atoms with Crippen molar-refractivity contribution in [3.8, 4) is 5.75 Å². The fourth-order valence-corrected chi connectivity index (χ4v) is 3.44. The zero-order valence-electron chi connectivity index (χ0n) is 14.8. The summed E-state index contributed by atoms with van der Waals surface area (Å²) in [5.41, 5.74) is 1.62. The van der Waals surface area contributed by atoms with Crippen molar-refractivity contribution in [2.45, 2.75) is 24.7 Å². The summed E-state index contributed by atoms with van der Waals surface area (Å²) in [5, 5.41) is 7.78. The van der Waals surface area contributed by atoms with Gasteiger partial charge in [-0.25, -0.2) is 13.6 Å². The number of benzene rings is 2. The van der Waals surface area contributed by atoms with E-state index in [0.29, 0.717) is 29.2 Å². The number of anilines is 1. The van der Waals surface area contributed by atoms with Crippen LogP contribution in [-0.2, 0) is 20.5 Å². The van der Waals surface area contributed by atoms with E-state index in [2.05, 4.69) is 5.32 Å². The van der Waals surface area contributed by atoms with Gasteiger partial charge in [-0.05, 0) is 54.8 Å². The molecule has 0 bridgehead atoms. The molecule has 1 aliphatic heterocycles. The number of nitrogens with two attached hydrogens (primary N) is 1. The molecule has 1 amide bonds. The van der Waals surface area contributed by atoms with Crippen molar-refractivity contribution in [2.24, 2.45) is 5.14 Å². The van der Waals surface area contributed by atoms with Gasteiger partial charge in [-0.15, -0.1) is 0 Å². The summed E-state index contributed by atoms with van der Waals surface area (Å²) in [4.78, 5) is 12.3. The minimum Gasteiger partial charge on any atom is -0.491 e. The van der Waals surface area contributed by atoms with Crippen LogP contribution in [0.4, 0.5) is 5.69 Å². The molecule has 1 saturated heterocycles. The van der Waals surface area contributed by atoms with E-state index < -0.39 is 10.0 Å². The maximum atomic E-state index is 12.3. The number of carbonyl (C=O) groups is 1. The Morgan fingerprint density at radius 3 is 2.44 bits per heavy atom. The van der Waals surface area contributed by atoms with Gasteiger partial charge in [-0.2, -0.15) is 0 Å². The first-order valence-corrected chi connectivity index (χ1v) is 10.4. The van der Waals surface area contributed by atoms with E-state index in [1.165, 1.54) is 0 Å². The number of ether oxygens (including phenoxy) is 2. The van der Waals surface area contributed by atoms with E-state index in [-0.39, 0.29) is 17.8 Å². The Morgan fingerprint density at radius 2 is 1.85 bits per heavy atom. The van der Waals surface area contributed by atoms with Gasteiger partial charge in [0.2, 0.25) is 10.0 Å². The van der Waals surface area contributed by atoms with E-state index in [0.717, 1.165) is 19.4 Å². The lowest BCUT2D eigenvalue weighted by molar-refractivity contribution is 0.0679. The molecular weight excluding hydrogens is 368 g/mol. The van der Waals surface area contributed by atoms with Crippen molar-refractivity contribution in [3.63, 3.8) is 0 Å². The Labute approximate surface area is 158 Å². The summed E-state index contributed by atoms with van der Waals surface area (Å²) in [6.07, 6.45) is 2.22. The largest absolute Gasteiger partial charge is 0.491 e. The van der Waals surface area contributed by atoms with E-state index in [1.807, 2.05) is 0 Å². The minimum absolute atomic E-state index is 0.144. The Kier molecular flexibility index (Phi) is 6.10. The lowest BCUT2D eigenvalue weighted by atomic mass is 10.2. The molecule has 1 atom stereocenters. The molecule has 2 aromatic carbocycles. The second-order valence-corrected chi connectivity index (χ2v) is 8.04. The first kappa shape index (κ1) is 19.3. The molecule has 1 aliphatic rings. The molecule has 1 unspecified atom stereocenters. The van der Waals surface area contributed by atoms with Crippen LogP contribution in [0, 0.1) is 0 Å². The van der Waals surface area contributed by atoms with Gasteiger partial charge in [0.25, 0.3) is 5.91 Å². The summed E-state index contributed by atoms with van der Waals surface area (Å²) in [6, 6.07) is 13.4. The monoisotopic (exact) mass is 390 g/mol. The number of nitrogens with one attached hydrogen (secondary N) is 1. The van der Waals surface area contributed by atoms with E-state index in [9.17, 15) is 13.2 Å². The van der Waals surface area contributed by atoms with Crippen molar-refractivity contribution in [3.05, 3.63) is 59.7 Å². The topological polar surface area (TPSA) is 108 Å². The smallest absolute Gasteiger partial charge is 0.255 e. The molecule has 0 aromatic heterocycles. The van der Waals surface area contributed by atoms with E-state index in [4.69, 9.17) is 14.6 Å². The highest BCUT2D eigenvalue weighted by Gasteiger charge is 2.16. The van der Waals surface area contributed by atoms with Gasteiger partial charge >= 0.3 is 0 Å². The van der Waals surface area contributed by atoms with Gasteiger partial charge in [0.05, 0.1) is 11.9 Å². The standard InChI is InChI=1S/C19H22N2O5S/c20-27(23,24)13-14-3-7-16(8-4-14)21-19(22)15-5-9-17(10-6-15)26-12-18-2-1-11-25-18/h3-10,18H,1-2,11-13H2,(H,21,22)(H2,20,23,24). The molecule has 3 N–H and O–H groups in total. The first-order valence-electron chi connectivity index (χ1n) is 8.64. The second kappa shape index (κ2) is 8.51. The van der Waals surface area contributed by atoms with Crippen LogP contribution < -0.4 is 15.2 Å². The lowest BCUT2D eigenvalue weighted by Crippen LogP contribution is -2.16. The predicted octanol–water partition coefficient (Wildman–Crippen LogP) is 2.29. The van der Waals surface area contributed by atoms with Crippen LogP contribution in [-0.4, -0.2) is 33.6 Å². The third-order valence-electron chi connectivity index (χ3n) is 4.16. The predicted molar refractivity (Wildman–Crippen MR) is 102 cm³/mol. The minimum atomic E-state index is -3.58. The summed E-state index contributed by atoms with van der Waals surface area (Å²) < 4.78 is 33.4. The Balaban J connectivity index is 1.54. The molecule has 0 spiro atoms. The number of primary sulfonamides is 1. The molecule has 8 heteroatoms. The molecule has 144 valence electrons. The zero-order valence-corrected chi connectivity index (χ0v) is 15.6. The fourth-order valence-electron chi connectivity index (χ4n) is 2.79. The number of sulfonamides is 1. The normalized spacial score (nSPS) is 16.9. The van der Waals surface area contributed by atoms with Crippen LogP contribution in [0.1, 0.15) is 28.8 Å². The van der Waals surface area contributed by atoms with E-state index in [1.54, 1.807) is 48.5 Å². The molecular formula is C19H22N2O5S. The van der Waals surface area contributed by atoms with Crippen LogP contribution in [0.5, 0.6) is 5.75 Å². The molecule has 3 rings (SSSR count). The number of hydrogen-bond acceptors (Lipinski definition) is 5. The third-order valence-corrected chi connectivity index (χ3v) is 4.89. The number of hydrogen-bond donors (Lipinski definition) is 2. The van der Waals surface area contributed by atoms with Gasteiger partial charge in [0.15, 0.2) is 0 Å². The van der Waals surface area contributed by atoms with Crippen LogP contribution in [0.3, 0.4) is 0 Å². The van der Waals surface area contributed by atoms with Crippen molar-refractivity contribution < 1.29 is 22.7 Å². The van der Waals surface area contributed by atoms with Crippen molar-refractivity contribution >= 4 is 21.6 Å². The molecule has 1 heterocycles. The first-order chi connectivity index (χ1) is 12.9. The van der Waals surface area contributed by atoms with Gasteiger partial charge in [0, 0.05) is 17.9 Å². The maximum absolute atomic E-state index is 12.3. The Bertz CT molecular complexity index is 873. The van der Waals surface area contributed by atoms with Gasteiger partial charge in [0.1, 0.15) is 12.4 Å². The van der Waals surface area contributed by atoms with Crippen LogP contribution in [0.2, 0.25) is 0 Å². The molecule has 0 radical (unpaired) electrons. The Morgan fingerprint density at radius 1 is 1.15 bits per heavy atom. The highest BCUT2D eigenvalue weighted by atomic mass is 32.2. The molecule has 0 saturated carbocycles. The molecule has 0 aliphatic carbocycles. The van der Waals surface area contributed by atoms with Crippen molar-refractivity contribution in [1.29, 1.82) is 0 Å². The lowest BCUT2D eigenvalue weighted by Gasteiger charge is -2.12. The zero-order chi connectivity index (χ0) is 19.3. The maximum Gasteiger partial charge on any atom is 0.255 e. The molecule has 7 nitrogen and oxygen atoms in total. The number of amides is 1. The fraction of sp³-hybridized carbons (Fsp3) is 0.316. The third kappa shape index (κ3) is 6.06. The number of rotatable bonds is 7. The highest BCUT2D eigenvalue weighted by molar-refractivity contribution is 7.88. The van der Waals surface area contributed by atoms with Gasteiger partial charge in [-0.3, -0.25) is 4.79 Å². The van der Waals surface area contributed by atoms with Crippen LogP contribution in [0.25, 0.3) is 0 Å². The SMILES string of the molecule is NS(=O)(=O)Cc1ccc(NC(=O)c2ccc(OCC3CCCO3)cc2)cc1. The average Bonchev–Trinajstić information content (AvgIpc) is 3.14. The number of carbonyl (C=O) groups excluding carboxylic acids is 1. The molecule has 2 aromatic rings. The van der Waals surface area contributed by atoms with Crippen molar-refractivity contribution in [1.82, 2.24) is 0 Å². The van der Waals surface area contributed by atoms with Crippen molar-refractivity contribution in [2.75, 3.05) is 18.5 Å². The van der Waals surface area contributed by atoms with E-state index >= 15 is 0 Å². The van der Waals surface area contributed by atoms with Gasteiger partial charge < -0.3 is 14.8 Å². The average molecular weight is 390 g/mol. The van der Waals surface area contributed by atoms with Crippen LogP contribution >= 0.6 is 0 Å². The second-order valence-electron chi connectivity index (χ2n) is 6.43. The molecule has 27 heavy (non-hydrogen) atoms. The summed E-state index contributed by atoms with van der Waals surface area (Å²) in [7, 11) is -3.58. The van der Waals surface area contributed by atoms with Crippen LogP contribution in [0.15, 0.2) is 48.5 Å². The summed E-state index contributed by atoms with van der Waals surface area (Å²) >= 11 is 0. The van der Waals surface area contributed by atoms with Gasteiger partial charge in [-0.1, -0.05) is 12.1 Å². The Hall–Kier alpha value is -2.42.